The number of H-pyrrole nitrogens is 1. The zero-order valence-electron chi connectivity index (χ0n) is 13.4. The summed E-state index contributed by atoms with van der Waals surface area (Å²) in [6.45, 7) is 3.96. The summed E-state index contributed by atoms with van der Waals surface area (Å²) in [6, 6.07) is 3.23. The minimum atomic E-state index is 0.0414. The number of aryl methyl sites for hydroxylation is 2. The standard InChI is InChI=1S/C16H27N3O/c1-11-10-12(2)17-16(20)15(11)19(5)14-8-6-13(7-9-14)18(3)4/h10,13-14H,6-9H2,1-5H3,(H,17,20). The lowest BCUT2D eigenvalue weighted by molar-refractivity contribution is 0.215. The fourth-order valence-corrected chi connectivity index (χ4v) is 3.43. The van der Waals surface area contributed by atoms with E-state index in [1.165, 1.54) is 12.8 Å². The average molecular weight is 277 g/mol. The Morgan fingerprint density at radius 1 is 1.05 bits per heavy atom. The van der Waals surface area contributed by atoms with Crippen LogP contribution >= 0.6 is 0 Å². The molecular weight excluding hydrogens is 250 g/mol. The number of pyridine rings is 1. The van der Waals surface area contributed by atoms with E-state index in [0.717, 1.165) is 29.8 Å². The van der Waals surface area contributed by atoms with Gasteiger partial charge in [0.1, 0.15) is 5.69 Å². The molecule has 0 aromatic carbocycles. The van der Waals surface area contributed by atoms with E-state index < -0.39 is 0 Å². The predicted molar refractivity (Wildman–Crippen MR) is 84.7 cm³/mol. The van der Waals surface area contributed by atoms with Crippen LogP contribution in [0.5, 0.6) is 0 Å². The summed E-state index contributed by atoms with van der Waals surface area (Å²) in [5.74, 6) is 0. The maximum Gasteiger partial charge on any atom is 0.271 e. The number of anilines is 1. The number of hydrogen-bond acceptors (Lipinski definition) is 3. The molecule has 0 radical (unpaired) electrons. The molecule has 1 heterocycles. The van der Waals surface area contributed by atoms with Crippen LogP contribution in [0, 0.1) is 13.8 Å². The first-order chi connectivity index (χ1) is 9.40. The predicted octanol–water partition coefficient (Wildman–Crippen LogP) is 2.30. The lowest BCUT2D eigenvalue weighted by Crippen LogP contribution is -2.42. The smallest absolute Gasteiger partial charge is 0.271 e. The molecule has 112 valence electrons. The van der Waals surface area contributed by atoms with Crippen molar-refractivity contribution in [3.63, 3.8) is 0 Å². The summed E-state index contributed by atoms with van der Waals surface area (Å²) in [5, 5.41) is 0. The van der Waals surface area contributed by atoms with Crippen LogP contribution in [0.1, 0.15) is 36.9 Å². The maximum atomic E-state index is 12.2. The number of nitrogens with zero attached hydrogens (tertiary/aromatic N) is 2. The number of nitrogens with one attached hydrogen (secondary N) is 1. The third-order valence-electron chi connectivity index (χ3n) is 4.63. The third-order valence-corrected chi connectivity index (χ3v) is 4.63. The van der Waals surface area contributed by atoms with Crippen molar-refractivity contribution in [2.45, 2.75) is 51.6 Å². The number of rotatable bonds is 3. The van der Waals surface area contributed by atoms with Crippen molar-refractivity contribution >= 4 is 5.69 Å². The molecule has 4 heteroatoms. The van der Waals surface area contributed by atoms with Crippen molar-refractivity contribution in [1.82, 2.24) is 9.88 Å². The van der Waals surface area contributed by atoms with Crippen LogP contribution in [-0.4, -0.2) is 43.1 Å². The minimum absolute atomic E-state index is 0.0414. The average Bonchev–Trinajstić information content (AvgIpc) is 2.37. The lowest BCUT2D eigenvalue weighted by atomic mass is 9.89. The summed E-state index contributed by atoms with van der Waals surface area (Å²) in [4.78, 5) is 19.6. The van der Waals surface area contributed by atoms with Crippen LogP contribution in [0.4, 0.5) is 5.69 Å². The zero-order chi connectivity index (χ0) is 14.9. The van der Waals surface area contributed by atoms with Crippen molar-refractivity contribution in [3.8, 4) is 0 Å². The highest BCUT2D eigenvalue weighted by Crippen LogP contribution is 2.28. The molecule has 1 aliphatic rings. The van der Waals surface area contributed by atoms with Crippen LogP contribution in [0.3, 0.4) is 0 Å². The molecule has 0 spiro atoms. The highest BCUT2D eigenvalue weighted by atomic mass is 16.1. The van der Waals surface area contributed by atoms with E-state index >= 15 is 0 Å². The second kappa shape index (κ2) is 6.00. The van der Waals surface area contributed by atoms with E-state index in [9.17, 15) is 4.79 Å². The van der Waals surface area contributed by atoms with Gasteiger partial charge < -0.3 is 14.8 Å². The topological polar surface area (TPSA) is 39.3 Å². The monoisotopic (exact) mass is 277 g/mol. The number of aromatic amines is 1. The highest BCUT2D eigenvalue weighted by Gasteiger charge is 2.26. The van der Waals surface area contributed by atoms with Gasteiger partial charge in [0.2, 0.25) is 0 Å². The molecule has 1 aromatic rings. The van der Waals surface area contributed by atoms with E-state index in [-0.39, 0.29) is 5.56 Å². The third kappa shape index (κ3) is 3.06. The molecule has 1 aliphatic carbocycles. The molecule has 1 N–H and O–H groups in total. The van der Waals surface area contributed by atoms with E-state index in [1.807, 2.05) is 13.8 Å². The van der Waals surface area contributed by atoms with Gasteiger partial charge in [0.15, 0.2) is 0 Å². The Balaban J connectivity index is 2.13. The summed E-state index contributed by atoms with van der Waals surface area (Å²) < 4.78 is 0. The Morgan fingerprint density at radius 3 is 2.10 bits per heavy atom. The van der Waals surface area contributed by atoms with Gasteiger partial charge in [-0.15, -0.1) is 0 Å². The van der Waals surface area contributed by atoms with Crippen LogP contribution in [-0.2, 0) is 0 Å². The van der Waals surface area contributed by atoms with Gasteiger partial charge in [0.05, 0.1) is 0 Å². The Morgan fingerprint density at radius 2 is 1.60 bits per heavy atom. The van der Waals surface area contributed by atoms with Gasteiger partial charge in [0.25, 0.3) is 5.56 Å². The maximum absolute atomic E-state index is 12.2. The van der Waals surface area contributed by atoms with Crippen molar-refractivity contribution in [2.24, 2.45) is 0 Å². The lowest BCUT2D eigenvalue weighted by Gasteiger charge is -2.38. The summed E-state index contributed by atoms with van der Waals surface area (Å²) in [6.07, 6.45) is 4.74. The molecule has 0 aliphatic heterocycles. The Bertz CT molecular complexity index is 513. The molecule has 0 amide bonds. The molecule has 4 nitrogen and oxygen atoms in total. The van der Waals surface area contributed by atoms with Crippen molar-refractivity contribution in [3.05, 3.63) is 27.7 Å². The SMILES string of the molecule is Cc1cc(C)c(N(C)C2CCC(N(C)C)CC2)c(=O)[nH]1. The Hall–Kier alpha value is -1.29. The summed E-state index contributed by atoms with van der Waals surface area (Å²) in [5.41, 5.74) is 2.88. The largest absolute Gasteiger partial charge is 0.367 e. The van der Waals surface area contributed by atoms with E-state index in [2.05, 4.69) is 42.0 Å². The van der Waals surface area contributed by atoms with Crippen LogP contribution in [0.25, 0.3) is 0 Å². The van der Waals surface area contributed by atoms with E-state index in [1.54, 1.807) is 0 Å². The summed E-state index contributed by atoms with van der Waals surface area (Å²) in [7, 11) is 6.38. The van der Waals surface area contributed by atoms with Crippen LogP contribution < -0.4 is 10.5 Å². The van der Waals surface area contributed by atoms with Crippen LogP contribution in [0.2, 0.25) is 0 Å². The van der Waals surface area contributed by atoms with Gasteiger partial charge >= 0.3 is 0 Å². The van der Waals surface area contributed by atoms with Crippen molar-refractivity contribution in [1.29, 1.82) is 0 Å². The van der Waals surface area contributed by atoms with Gasteiger partial charge in [-0.2, -0.15) is 0 Å². The second-order valence-electron chi connectivity index (χ2n) is 6.35. The van der Waals surface area contributed by atoms with E-state index in [0.29, 0.717) is 12.1 Å². The number of aromatic nitrogens is 1. The Kier molecular flexibility index (Phi) is 4.53. The molecule has 1 fully saturated rings. The summed E-state index contributed by atoms with van der Waals surface area (Å²) >= 11 is 0. The second-order valence-corrected chi connectivity index (χ2v) is 6.35. The molecule has 20 heavy (non-hydrogen) atoms. The van der Waals surface area contributed by atoms with E-state index in [4.69, 9.17) is 0 Å². The van der Waals surface area contributed by atoms with Crippen molar-refractivity contribution < 1.29 is 0 Å². The zero-order valence-corrected chi connectivity index (χ0v) is 13.4. The Labute approximate surface area is 121 Å². The fourth-order valence-electron chi connectivity index (χ4n) is 3.43. The fraction of sp³-hybridized carbons (Fsp3) is 0.688. The number of hydrogen-bond donors (Lipinski definition) is 1. The van der Waals surface area contributed by atoms with Crippen molar-refractivity contribution in [2.75, 3.05) is 26.0 Å². The van der Waals surface area contributed by atoms with Gasteiger partial charge in [0, 0.05) is 24.8 Å². The van der Waals surface area contributed by atoms with Gasteiger partial charge in [-0.05, 0) is 65.3 Å². The molecular formula is C16H27N3O. The van der Waals surface area contributed by atoms with Gasteiger partial charge in [-0.3, -0.25) is 4.79 Å². The molecule has 0 bridgehead atoms. The molecule has 0 atom stereocenters. The highest BCUT2D eigenvalue weighted by molar-refractivity contribution is 5.52. The van der Waals surface area contributed by atoms with Gasteiger partial charge in [-0.1, -0.05) is 0 Å². The quantitative estimate of drug-likeness (QED) is 0.921. The normalized spacial score (nSPS) is 23.1. The minimum Gasteiger partial charge on any atom is -0.367 e. The van der Waals surface area contributed by atoms with Crippen LogP contribution in [0.15, 0.2) is 10.9 Å². The first-order valence-electron chi connectivity index (χ1n) is 7.50. The molecule has 1 saturated carbocycles. The molecule has 2 rings (SSSR count). The first-order valence-corrected chi connectivity index (χ1v) is 7.50. The van der Waals surface area contributed by atoms with Gasteiger partial charge in [-0.25, -0.2) is 0 Å². The molecule has 0 unspecified atom stereocenters. The molecule has 1 aromatic heterocycles. The first kappa shape index (κ1) is 15.1. The molecule has 0 saturated heterocycles.